The van der Waals surface area contributed by atoms with Gasteiger partial charge in [0.1, 0.15) is 5.82 Å². The third kappa shape index (κ3) is 3.57. The van der Waals surface area contributed by atoms with E-state index in [1.807, 2.05) is 36.4 Å². The monoisotopic (exact) mass is 401 g/mol. The molecule has 0 amide bonds. The largest absolute Gasteiger partial charge is 0.454 e. The Bertz CT molecular complexity index is 1130. The third-order valence-electron chi connectivity index (χ3n) is 5.76. The highest BCUT2D eigenvalue weighted by Gasteiger charge is 2.20. The van der Waals surface area contributed by atoms with Gasteiger partial charge in [0, 0.05) is 25.0 Å². The first-order valence-corrected chi connectivity index (χ1v) is 10.3. The van der Waals surface area contributed by atoms with Crippen molar-refractivity contribution in [3.63, 3.8) is 0 Å². The van der Waals surface area contributed by atoms with Crippen molar-refractivity contribution in [2.45, 2.75) is 26.3 Å². The number of aromatic nitrogens is 2. The van der Waals surface area contributed by atoms with E-state index < -0.39 is 0 Å². The number of nitrogens with one attached hydrogen (secondary N) is 1. The number of fused-ring (bicyclic) bond motifs is 2. The molecule has 5 rings (SSSR count). The summed E-state index contributed by atoms with van der Waals surface area (Å²) in [6.45, 7) is 12.4. The van der Waals surface area contributed by atoms with Crippen LogP contribution >= 0.6 is 0 Å². The summed E-state index contributed by atoms with van der Waals surface area (Å²) in [5.74, 6) is 3.77. The normalized spacial score (nSPS) is 15.9. The van der Waals surface area contributed by atoms with Crippen molar-refractivity contribution in [3.05, 3.63) is 53.4 Å². The third-order valence-corrected chi connectivity index (χ3v) is 5.76. The first-order valence-electron chi connectivity index (χ1n) is 10.3. The molecule has 0 atom stereocenters. The van der Waals surface area contributed by atoms with Gasteiger partial charge in [0.15, 0.2) is 17.2 Å². The maximum atomic E-state index is 7.35. The molecule has 30 heavy (non-hydrogen) atoms. The van der Waals surface area contributed by atoms with E-state index in [2.05, 4.69) is 22.0 Å². The van der Waals surface area contributed by atoms with Crippen LogP contribution in [-0.2, 0) is 6.54 Å². The summed E-state index contributed by atoms with van der Waals surface area (Å²) in [7, 11) is 0. The van der Waals surface area contributed by atoms with Crippen LogP contribution in [-0.4, -0.2) is 29.9 Å². The Morgan fingerprint density at radius 3 is 2.77 bits per heavy atom. The lowest BCUT2D eigenvalue weighted by molar-refractivity contribution is 0.174. The summed E-state index contributed by atoms with van der Waals surface area (Å²) in [5, 5.41) is 4.32. The van der Waals surface area contributed by atoms with Gasteiger partial charge in [-0.1, -0.05) is 19.1 Å². The van der Waals surface area contributed by atoms with E-state index in [1.54, 1.807) is 0 Å². The van der Waals surface area contributed by atoms with Crippen LogP contribution in [0.5, 0.6) is 11.5 Å². The standard InChI is InChI=1S/C23H23N5O2/c1-15-7-9-28(10-8-15)23-26-19-5-4-17(24-2)12-18(19)22(27-23)25-13-16-3-6-20-21(11-16)30-14-29-20/h3-6,11-12,15H,7-10,13-14H2,1H3,(H,25,26,27). The molecular formula is C23H23N5O2. The molecule has 7 heteroatoms. The number of hydrogen-bond acceptors (Lipinski definition) is 6. The van der Waals surface area contributed by atoms with Crippen LogP contribution in [0.3, 0.4) is 0 Å². The summed E-state index contributed by atoms with van der Waals surface area (Å²) in [6.07, 6.45) is 2.30. The van der Waals surface area contributed by atoms with Gasteiger partial charge in [0.05, 0.1) is 12.1 Å². The molecule has 1 fully saturated rings. The number of piperidine rings is 1. The van der Waals surface area contributed by atoms with Crippen LogP contribution in [0.4, 0.5) is 17.5 Å². The molecule has 3 heterocycles. The number of benzene rings is 2. The molecule has 2 aliphatic heterocycles. The minimum Gasteiger partial charge on any atom is -0.454 e. The van der Waals surface area contributed by atoms with Gasteiger partial charge in [-0.2, -0.15) is 4.98 Å². The lowest BCUT2D eigenvalue weighted by Crippen LogP contribution is -2.34. The maximum absolute atomic E-state index is 7.35. The average molecular weight is 401 g/mol. The number of hydrogen-bond donors (Lipinski definition) is 1. The Morgan fingerprint density at radius 2 is 1.93 bits per heavy atom. The molecular weight excluding hydrogens is 378 g/mol. The zero-order valence-corrected chi connectivity index (χ0v) is 16.9. The van der Waals surface area contributed by atoms with Crippen molar-refractivity contribution in [2.24, 2.45) is 5.92 Å². The quantitative estimate of drug-likeness (QED) is 0.636. The van der Waals surface area contributed by atoms with Gasteiger partial charge >= 0.3 is 0 Å². The molecule has 3 aromatic rings. The number of nitrogens with zero attached hydrogens (tertiary/aromatic N) is 4. The molecule has 152 valence electrons. The van der Waals surface area contributed by atoms with Crippen molar-refractivity contribution in [1.29, 1.82) is 0 Å². The number of rotatable bonds is 4. The summed E-state index contributed by atoms with van der Waals surface area (Å²) < 4.78 is 10.9. The first-order chi connectivity index (χ1) is 14.7. The summed E-state index contributed by atoms with van der Waals surface area (Å²) in [4.78, 5) is 15.5. The van der Waals surface area contributed by atoms with Crippen molar-refractivity contribution in [2.75, 3.05) is 30.1 Å². The van der Waals surface area contributed by atoms with E-state index in [0.29, 0.717) is 12.2 Å². The van der Waals surface area contributed by atoms with Crippen molar-refractivity contribution in [3.8, 4) is 11.5 Å². The molecule has 0 saturated carbocycles. The fourth-order valence-corrected chi connectivity index (χ4v) is 3.90. The van der Waals surface area contributed by atoms with Crippen LogP contribution in [0, 0.1) is 12.5 Å². The molecule has 2 aliphatic rings. The van der Waals surface area contributed by atoms with E-state index in [1.165, 1.54) is 0 Å². The van der Waals surface area contributed by atoms with E-state index in [9.17, 15) is 0 Å². The first kappa shape index (κ1) is 18.5. The van der Waals surface area contributed by atoms with Crippen LogP contribution in [0.1, 0.15) is 25.3 Å². The Balaban J connectivity index is 1.47. The second kappa shape index (κ2) is 7.71. The predicted molar refractivity (Wildman–Crippen MR) is 116 cm³/mol. The highest BCUT2D eigenvalue weighted by Crippen LogP contribution is 2.33. The van der Waals surface area contributed by atoms with E-state index in [4.69, 9.17) is 26.0 Å². The van der Waals surface area contributed by atoms with Gasteiger partial charge in [-0.3, -0.25) is 0 Å². The lowest BCUT2D eigenvalue weighted by atomic mass is 10.00. The fourth-order valence-electron chi connectivity index (χ4n) is 3.90. The second-order valence-electron chi connectivity index (χ2n) is 7.90. The van der Waals surface area contributed by atoms with E-state index in [0.717, 1.165) is 71.6 Å². The van der Waals surface area contributed by atoms with E-state index >= 15 is 0 Å². The Hall–Kier alpha value is -3.53. The van der Waals surface area contributed by atoms with Crippen LogP contribution < -0.4 is 19.7 Å². The molecule has 0 spiro atoms. The molecule has 0 radical (unpaired) electrons. The lowest BCUT2D eigenvalue weighted by Gasteiger charge is -2.30. The van der Waals surface area contributed by atoms with E-state index in [-0.39, 0.29) is 6.79 Å². The topological polar surface area (TPSA) is 63.9 Å². The van der Waals surface area contributed by atoms with Crippen LogP contribution in [0.15, 0.2) is 36.4 Å². The maximum Gasteiger partial charge on any atom is 0.231 e. The highest BCUT2D eigenvalue weighted by atomic mass is 16.7. The van der Waals surface area contributed by atoms with Crippen LogP contribution in [0.2, 0.25) is 0 Å². The summed E-state index contributed by atoms with van der Waals surface area (Å²) in [6, 6.07) is 11.5. The second-order valence-corrected chi connectivity index (χ2v) is 7.90. The molecule has 0 bridgehead atoms. The van der Waals surface area contributed by atoms with Gasteiger partial charge in [-0.25, -0.2) is 9.83 Å². The SMILES string of the molecule is [C-]#[N+]c1ccc2nc(N3CCC(C)CC3)nc(NCc3ccc4c(c3)OCO4)c2c1. The van der Waals surface area contributed by atoms with Crippen molar-refractivity contribution in [1.82, 2.24) is 9.97 Å². The Labute approximate surface area is 175 Å². The Kier molecular flexibility index (Phi) is 4.75. The predicted octanol–water partition coefficient (Wildman–Crippen LogP) is 4.76. The smallest absolute Gasteiger partial charge is 0.231 e. The van der Waals surface area contributed by atoms with Gasteiger partial charge in [-0.05, 0) is 48.6 Å². The number of ether oxygens (including phenoxy) is 2. The number of anilines is 2. The molecule has 1 saturated heterocycles. The fraction of sp³-hybridized carbons (Fsp3) is 0.348. The molecule has 0 unspecified atom stereocenters. The van der Waals surface area contributed by atoms with Gasteiger partial charge in [0.25, 0.3) is 0 Å². The van der Waals surface area contributed by atoms with Gasteiger partial charge < -0.3 is 19.7 Å². The van der Waals surface area contributed by atoms with Crippen molar-refractivity contribution < 1.29 is 9.47 Å². The average Bonchev–Trinajstić information content (AvgIpc) is 3.25. The molecule has 7 nitrogen and oxygen atoms in total. The summed E-state index contributed by atoms with van der Waals surface area (Å²) in [5.41, 5.74) is 2.50. The minimum absolute atomic E-state index is 0.264. The zero-order chi connectivity index (χ0) is 20.5. The van der Waals surface area contributed by atoms with Gasteiger partial charge in [0.2, 0.25) is 12.7 Å². The molecule has 0 aliphatic carbocycles. The summed E-state index contributed by atoms with van der Waals surface area (Å²) >= 11 is 0. The molecule has 1 N–H and O–H groups in total. The minimum atomic E-state index is 0.264. The van der Waals surface area contributed by atoms with Crippen LogP contribution in [0.25, 0.3) is 15.7 Å². The zero-order valence-electron chi connectivity index (χ0n) is 16.9. The van der Waals surface area contributed by atoms with Gasteiger partial charge in [-0.15, -0.1) is 0 Å². The molecule has 1 aromatic heterocycles. The highest BCUT2D eigenvalue weighted by molar-refractivity contribution is 5.92. The van der Waals surface area contributed by atoms with Crippen molar-refractivity contribution >= 4 is 28.4 Å². The molecule has 2 aromatic carbocycles. The Morgan fingerprint density at radius 1 is 1.10 bits per heavy atom.